The molecule has 2 aromatic carbocycles. The van der Waals surface area contributed by atoms with Gasteiger partial charge in [0.2, 0.25) is 0 Å². The van der Waals surface area contributed by atoms with Gasteiger partial charge < -0.3 is 14.4 Å². The Hall–Kier alpha value is -2.25. The van der Waals surface area contributed by atoms with Crippen molar-refractivity contribution >= 4 is 21.4 Å². The van der Waals surface area contributed by atoms with Gasteiger partial charge in [0.25, 0.3) is 10.0 Å². The van der Waals surface area contributed by atoms with E-state index in [9.17, 15) is 8.42 Å². The Morgan fingerprint density at radius 2 is 1.71 bits per heavy atom. The molecule has 1 N–H and O–H groups in total. The van der Waals surface area contributed by atoms with E-state index in [-0.39, 0.29) is 11.0 Å². The molecule has 0 radical (unpaired) electrons. The number of nitrogens with one attached hydrogen (secondary N) is 1. The van der Waals surface area contributed by atoms with E-state index in [4.69, 9.17) is 9.47 Å². The number of benzene rings is 2. The standard InChI is InChI=1S/C17H20N2O4S/c1-22-15-11-19(12-15)14-9-7-13(8-10-14)18-24(20,21)17-6-4-3-5-16(17)23-2/h3-10,15,18H,11-12H2,1-2H3. The highest BCUT2D eigenvalue weighted by molar-refractivity contribution is 7.92. The van der Waals surface area contributed by atoms with Crippen LogP contribution < -0.4 is 14.4 Å². The second-order valence-corrected chi connectivity index (χ2v) is 7.22. The lowest BCUT2D eigenvalue weighted by Gasteiger charge is -2.40. The highest BCUT2D eigenvalue weighted by Crippen LogP contribution is 2.27. The van der Waals surface area contributed by atoms with Gasteiger partial charge in [0.15, 0.2) is 0 Å². The summed E-state index contributed by atoms with van der Waals surface area (Å²) in [4.78, 5) is 2.29. The summed E-state index contributed by atoms with van der Waals surface area (Å²) in [6.45, 7) is 1.70. The van der Waals surface area contributed by atoms with Crippen molar-refractivity contribution in [2.75, 3.05) is 36.9 Å². The molecule has 2 aromatic rings. The lowest BCUT2D eigenvalue weighted by atomic mass is 10.1. The second-order valence-electron chi connectivity index (χ2n) is 5.57. The monoisotopic (exact) mass is 348 g/mol. The third-order valence-corrected chi connectivity index (χ3v) is 5.45. The molecule has 1 saturated heterocycles. The molecule has 0 aliphatic carbocycles. The van der Waals surface area contributed by atoms with Gasteiger partial charge in [0.05, 0.1) is 13.2 Å². The van der Waals surface area contributed by atoms with Gasteiger partial charge in [-0.2, -0.15) is 0 Å². The van der Waals surface area contributed by atoms with Crippen molar-refractivity contribution in [3.8, 4) is 5.75 Å². The molecule has 24 heavy (non-hydrogen) atoms. The van der Waals surface area contributed by atoms with Crippen LogP contribution in [0.3, 0.4) is 0 Å². The molecule has 6 nitrogen and oxygen atoms in total. The van der Waals surface area contributed by atoms with Gasteiger partial charge in [0.1, 0.15) is 10.6 Å². The van der Waals surface area contributed by atoms with Gasteiger partial charge in [-0.1, -0.05) is 12.1 Å². The van der Waals surface area contributed by atoms with Crippen molar-refractivity contribution in [1.82, 2.24) is 0 Å². The molecule has 0 saturated carbocycles. The molecule has 0 aromatic heterocycles. The van der Waals surface area contributed by atoms with Crippen molar-refractivity contribution < 1.29 is 17.9 Å². The maximum atomic E-state index is 12.5. The molecule has 1 fully saturated rings. The lowest BCUT2D eigenvalue weighted by Crippen LogP contribution is -2.51. The topological polar surface area (TPSA) is 67.9 Å². The molecule has 0 bridgehead atoms. The lowest BCUT2D eigenvalue weighted by molar-refractivity contribution is 0.0788. The van der Waals surface area contributed by atoms with Crippen LogP contribution >= 0.6 is 0 Å². The molecule has 0 atom stereocenters. The minimum atomic E-state index is -3.70. The van der Waals surface area contributed by atoms with Crippen molar-refractivity contribution in [2.24, 2.45) is 0 Å². The van der Waals surface area contributed by atoms with Crippen LogP contribution in [0.2, 0.25) is 0 Å². The predicted molar refractivity (Wildman–Crippen MR) is 93.3 cm³/mol. The van der Waals surface area contributed by atoms with E-state index >= 15 is 0 Å². The molecule has 1 heterocycles. The molecule has 1 aliphatic rings. The van der Waals surface area contributed by atoms with E-state index in [2.05, 4.69) is 9.62 Å². The van der Waals surface area contributed by atoms with E-state index in [0.29, 0.717) is 11.4 Å². The van der Waals surface area contributed by atoms with Gasteiger partial charge in [-0.05, 0) is 36.4 Å². The number of hydrogen-bond donors (Lipinski definition) is 1. The zero-order chi connectivity index (χ0) is 17.2. The Bertz CT molecular complexity index is 800. The summed E-state index contributed by atoms with van der Waals surface area (Å²) in [5.41, 5.74) is 1.55. The van der Waals surface area contributed by atoms with Crippen LogP contribution in [0.25, 0.3) is 0 Å². The van der Waals surface area contributed by atoms with Crippen LogP contribution in [-0.4, -0.2) is 41.8 Å². The quantitative estimate of drug-likeness (QED) is 0.868. The Balaban J connectivity index is 1.74. The van der Waals surface area contributed by atoms with Gasteiger partial charge in [-0.3, -0.25) is 4.72 Å². The minimum absolute atomic E-state index is 0.113. The van der Waals surface area contributed by atoms with Gasteiger partial charge in [0, 0.05) is 31.6 Å². The Labute approximate surface area is 142 Å². The van der Waals surface area contributed by atoms with E-state index in [1.165, 1.54) is 13.2 Å². The molecule has 1 aliphatic heterocycles. The zero-order valence-electron chi connectivity index (χ0n) is 13.6. The Kier molecular flexibility index (Phi) is 4.64. The summed E-state index contributed by atoms with van der Waals surface area (Å²) in [5, 5.41) is 0. The van der Waals surface area contributed by atoms with Crippen molar-refractivity contribution in [3.63, 3.8) is 0 Å². The van der Waals surface area contributed by atoms with Gasteiger partial charge >= 0.3 is 0 Å². The fraction of sp³-hybridized carbons (Fsp3) is 0.294. The summed E-state index contributed by atoms with van der Waals surface area (Å²) in [6.07, 6.45) is 0.272. The number of ether oxygens (including phenoxy) is 2. The smallest absolute Gasteiger partial charge is 0.265 e. The highest BCUT2D eigenvalue weighted by atomic mass is 32.2. The van der Waals surface area contributed by atoms with E-state index in [1.807, 2.05) is 12.1 Å². The summed E-state index contributed by atoms with van der Waals surface area (Å²) < 4.78 is 38.0. The first-order valence-corrected chi connectivity index (χ1v) is 9.05. The number of rotatable bonds is 6. The number of methoxy groups -OCH3 is 2. The van der Waals surface area contributed by atoms with Crippen LogP contribution in [0.5, 0.6) is 5.75 Å². The predicted octanol–water partition coefficient (Wildman–Crippen LogP) is 2.33. The van der Waals surface area contributed by atoms with Crippen LogP contribution in [-0.2, 0) is 14.8 Å². The van der Waals surface area contributed by atoms with Gasteiger partial charge in [-0.15, -0.1) is 0 Å². The van der Waals surface area contributed by atoms with Crippen molar-refractivity contribution in [2.45, 2.75) is 11.0 Å². The number of para-hydroxylation sites is 1. The first-order chi connectivity index (χ1) is 11.5. The second kappa shape index (κ2) is 6.70. The third kappa shape index (κ3) is 3.32. The SMILES string of the molecule is COc1ccccc1S(=O)(=O)Nc1ccc(N2CC(OC)C2)cc1. The largest absolute Gasteiger partial charge is 0.495 e. The maximum absolute atomic E-state index is 12.5. The minimum Gasteiger partial charge on any atom is -0.495 e. The summed E-state index contributed by atoms with van der Waals surface area (Å²) in [7, 11) is -0.548. The van der Waals surface area contributed by atoms with E-state index in [0.717, 1.165) is 18.8 Å². The number of anilines is 2. The molecule has 0 spiro atoms. The molecule has 0 unspecified atom stereocenters. The average molecular weight is 348 g/mol. The fourth-order valence-electron chi connectivity index (χ4n) is 2.59. The van der Waals surface area contributed by atoms with Crippen LogP contribution in [0.4, 0.5) is 11.4 Å². The molecule has 0 amide bonds. The molecule has 3 rings (SSSR count). The first kappa shape index (κ1) is 16.6. The number of nitrogens with zero attached hydrogens (tertiary/aromatic N) is 1. The van der Waals surface area contributed by atoms with Crippen LogP contribution in [0.15, 0.2) is 53.4 Å². The molecule has 7 heteroatoms. The fourth-order valence-corrected chi connectivity index (χ4v) is 3.82. The van der Waals surface area contributed by atoms with Crippen molar-refractivity contribution in [3.05, 3.63) is 48.5 Å². The molecule has 128 valence electrons. The number of sulfonamides is 1. The van der Waals surface area contributed by atoms with E-state index < -0.39 is 10.0 Å². The first-order valence-electron chi connectivity index (χ1n) is 7.57. The Morgan fingerprint density at radius 3 is 2.33 bits per heavy atom. The number of hydrogen-bond acceptors (Lipinski definition) is 5. The molecular weight excluding hydrogens is 328 g/mol. The van der Waals surface area contributed by atoms with Crippen LogP contribution in [0, 0.1) is 0 Å². The Morgan fingerprint density at radius 1 is 1.04 bits per heavy atom. The summed E-state index contributed by atoms with van der Waals surface area (Å²) in [6, 6.07) is 13.8. The highest BCUT2D eigenvalue weighted by Gasteiger charge is 2.26. The van der Waals surface area contributed by atoms with Crippen molar-refractivity contribution in [1.29, 1.82) is 0 Å². The van der Waals surface area contributed by atoms with Gasteiger partial charge in [-0.25, -0.2) is 8.42 Å². The van der Waals surface area contributed by atoms with E-state index in [1.54, 1.807) is 37.4 Å². The summed E-state index contributed by atoms with van der Waals surface area (Å²) in [5.74, 6) is 0.313. The molecular formula is C17H20N2O4S. The van der Waals surface area contributed by atoms with Crippen LogP contribution in [0.1, 0.15) is 0 Å². The normalized spacial score (nSPS) is 15.0. The third-order valence-electron chi connectivity index (χ3n) is 4.02. The zero-order valence-corrected chi connectivity index (χ0v) is 14.4. The average Bonchev–Trinajstić information content (AvgIpc) is 2.55. The maximum Gasteiger partial charge on any atom is 0.265 e. The summed E-state index contributed by atoms with van der Waals surface area (Å²) >= 11 is 0.